The van der Waals surface area contributed by atoms with Crippen LogP contribution in [0.25, 0.3) is 0 Å². The van der Waals surface area contributed by atoms with Crippen LogP contribution in [0, 0.1) is 10.1 Å². The molecule has 1 N–H and O–H groups in total. The molecule has 1 fully saturated rings. The molecule has 0 radical (unpaired) electrons. The van der Waals surface area contributed by atoms with E-state index in [1.165, 1.54) is 6.07 Å². The van der Waals surface area contributed by atoms with Crippen LogP contribution in [0.15, 0.2) is 12.3 Å². The van der Waals surface area contributed by atoms with Crippen molar-refractivity contribution in [2.75, 3.05) is 6.54 Å². The Labute approximate surface area is 85.2 Å². The Morgan fingerprint density at radius 2 is 2.43 bits per heavy atom. The van der Waals surface area contributed by atoms with Crippen molar-refractivity contribution in [2.24, 2.45) is 0 Å². The third kappa shape index (κ3) is 1.56. The summed E-state index contributed by atoms with van der Waals surface area (Å²) >= 11 is 5.58. The molecule has 14 heavy (non-hydrogen) atoms. The Balaban J connectivity index is 2.34. The van der Waals surface area contributed by atoms with Gasteiger partial charge in [0.1, 0.15) is 0 Å². The molecule has 0 aliphatic carbocycles. The first-order valence-electron chi connectivity index (χ1n) is 4.21. The molecule has 0 aromatic carbocycles. The molecule has 1 atom stereocenters. The van der Waals surface area contributed by atoms with Gasteiger partial charge in [0, 0.05) is 18.3 Å². The van der Waals surface area contributed by atoms with Crippen molar-refractivity contribution in [1.82, 2.24) is 10.3 Å². The second-order valence-corrected chi connectivity index (χ2v) is 3.49. The Bertz CT molecular complexity index is 379. The van der Waals surface area contributed by atoms with E-state index in [0.29, 0.717) is 0 Å². The molecule has 0 spiro atoms. The minimum Gasteiger partial charge on any atom is -0.310 e. The van der Waals surface area contributed by atoms with Gasteiger partial charge in [0.2, 0.25) is 5.15 Å². The molecule has 2 heterocycles. The van der Waals surface area contributed by atoms with Crippen molar-refractivity contribution >= 4 is 17.3 Å². The van der Waals surface area contributed by atoms with Gasteiger partial charge < -0.3 is 5.32 Å². The van der Waals surface area contributed by atoms with Crippen LogP contribution in [-0.4, -0.2) is 16.5 Å². The Morgan fingerprint density at radius 1 is 1.71 bits per heavy atom. The van der Waals surface area contributed by atoms with Crippen LogP contribution in [-0.2, 0) is 0 Å². The smallest absolute Gasteiger partial charge is 0.306 e. The number of hydrogen-bond acceptors (Lipinski definition) is 4. The lowest BCUT2D eigenvalue weighted by Gasteiger charge is -2.27. The van der Waals surface area contributed by atoms with Crippen LogP contribution in [0.1, 0.15) is 18.0 Å². The van der Waals surface area contributed by atoms with Crippen molar-refractivity contribution < 1.29 is 4.92 Å². The Hall–Kier alpha value is -1.20. The summed E-state index contributed by atoms with van der Waals surface area (Å²) in [4.78, 5) is 13.8. The van der Waals surface area contributed by atoms with Gasteiger partial charge in [-0.2, -0.15) is 0 Å². The number of nitro groups is 1. The molecule has 1 aliphatic heterocycles. The van der Waals surface area contributed by atoms with Crippen molar-refractivity contribution in [3.63, 3.8) is 0 Å². The van der Waals surface area contributed by atoms with Crippen LogP contribution in [0.3, 0.4) is 0 Å². The third-order valence-corrected chi connectivity index (χ3v) is 2.56. The molecule has 1 aliphatic rings. The predicted octanol–water partition coefficient (Wildman–Crippen LogP) is 1.68. The molecule has 0 amide bonds. The molecule has 0 unspecified atom stereocenters. The summed E-state index contributed by atoms with van der Waals surface area (Å²) in [6, 6.07) is 1.67. The molecule has 1 saturated heterocycles. The molecular formula is C8H8ClN3O2. The largest absolute Gasteiger partial charge is 0.310 e. The predicted molar refractivity (Wildman–Crippen MR) is 51.3 cm³/mol. The van der Waals surface area contributed by atoms with E-state index < -0.39 is 4.92 Å². The van der Waals surface area contributed by atoms with Crippen molar-refractivity contribution in [3.05, 3.63) is 33.1 Å². The monoisotopic (exact) mass is 213 g/mol. The zero-order valence-corrected chi connectivity index (χ0v) is 7.99. The van der Waals surface area contributed by atoms with Crippen molar-refractivity contribution in [1.29, 1.82) is 0 Å². The van der Waals surface area contributed by atoms with Crippen LogP contribution in [0.2, 0.25) is 5.15 Å². The molecule has 0 saturated carbocycles. The van der Waals surface area contributed by atoms with E-state index in [-0.39, 0.29) is 16.9 Å². The number of rotatable bonds is 2. The fraction of sp³-hybridized carbons (Fsp3) is 0.375. The van der Waals surface area contributed by atoms with E-state index in [1.54, 1.807) is 6.20 Å². The average Bonchev–Trinajstić information content (AvgIpc) is 2.04. The lowest BCUT2D eigenvalue weighted by molar-refractivity contribution is -0.385. The van der Waals surface area contributed by atoms with Crippen LogP contribution >= 0.6 is 11.6 Å². The van der Waals surface area contributed by atoms with Crippen molar-refractivity contribution in [3.8, 4) is 0 Å². The minimum atomic E-state index is -0.516. The standard InChI is InChI=1S/C8H8ClN3O2/c9-8-7(12(13)14)3-5(4-11-8)6-1-2-10-6/h3-4,6,10H,1-2H2/t6-/m1/s1. The highest BCUT2D eigenvalue weighted by Gasteiger charge is 2.22. The zero-order valence-electron chi connectivity index (χ0n) is 7.24. The zero-order chi connectivity index (χ0) is 10.1. The van der Waals surface area contributed by atoms with Crippen LogP contribution < -0.4 is 5.32 Å². The van der Waals surface area contributed by atoms with E-state index >= 15 is 0 Å². The van der Waals surface area contributed by atoms with E-state index in [1.807, 2.05) is 0 Å². The molecule has 0 bridgehead atoms. The lowest BCUT2D eigenvalue weighted by Crippen LogP contribution is -2.35. The topological polar surface area (TPSA) is 68.1 Å². The van der Waals surface area contributed by atoms with E-state index in [9.17, 15) is 10.1 Å². The summed E-state index contributed by atoms with van der Waals surface area (Å²) in [5.74, 6) is 0. The summed E-state index contributed by atoms with van der Waals surface area (Å²) < 4.78 is 0. The maximum absolute atomic E-state index is 10.6. The number of pyridine rings is 1. The van der Waals surface area contributed by atoms with E-state index in [0.717, 1.165) is 18.5 Å². The highest BCUT2D eigenvalue weighted by molar-refractivity contribution is 6.31. The van der Waals surface area contributed by atoms with E-state index in [2.05, 4.69) is 10.3 Å². The van der Waals surface area contributed by atoms with E-state index in [4.69, 9.17) is 11.6 Å². The second kappa shape index (κ2) is 3.51. The third-order valence-electron chi connectivity index (χ3n) is 2.26. The summed E-state index contributed by atoms with van der Waals surface area (Å²) in [5, 5.41) is 13.6. The fourth-order valence-electron chi connectivity index (χ4n) is 1.34. The molecule has 6 heteroatoms. The SMILES string of the molecule is O=[N+]([O-])c1cc([C@H]2CCN2)cnc1Cl. The fourth-order valence-corrected chi connectivity index (χ4v) is 1.52. The van der Waals surface area contributed by atoms with Crippen LogP contribution in [0.5, 0.6) is 0 Å². The second-order valence-electron chi connectivity index (χ2n) is 3.13. The van der Waals surface area contributed by atoms with Gasteiger partial charge in [-0.05, 0) is 18.5 Å². The molecule has 1 aromatic heterocycles. The first-order valence-corrected chi connectivity index (χ1v) is 4.59. The molecule has 74 valence electrons. The van der Waals surface area contributed by atoms with Gasteiger partial charge in [0.05, 0.1) is 4.92 Å². The molecule has 2 rings (SSSR count). The molecule has 1 aromatic rings. The number of hydrogen-bond donors (Lipinski definition) is 1. The van der Waals surface area contributed by atoms with Crippen molar-refractivity contribution in [2.45, 2.75) is 12.5 Å². The minimum absolute atomic E-state index is 0.0573. The summed E-state index contributed by atoms with van der Waals surface area (Å²) in [6.07, 6.45) is 2.56. The number of aromatic nitrogens is 1. The number of nitrogens with zero attached hydrogens (tertiary/aromatic N) is 2. The summed E-state index contributed by atoms with van der Waals surface area (Å²) in [5.41, 5.74) is 0.699. The Morgan fingerprint density at radius 3 is 2.93 bits per heavy atom. The van der Waals surface area contributed by atoms with Gasteiger partial charge in [-0.25, -0.2) is 4.98 Å². The normalized spacial score (nSPS) is 20.2. The highest BCUT2D eigenvalue weighted by atomic mass is 35.5. The summed E-state index contributed by atoms with van der Waals surface area (Å²) in [7, 11) is 0. The quantitative estimate of drug-likeness (QED) is 0.461. The average molecular weight is 214 g/mol. The van der Waals surface area contributed by atoms with Gasteiger partial charge in [0.15, 0.2) is 0 Å². The van der Waals surface area contributed by atoms with Gasteiger partial charge in [-0.3, -0.25) is 10.1 Å². The maximum Gasteiger partial charge on any atom is 0.306 e. The molecular weight excluding hydrogens is 206 g/mol. The Kier molecular flexibility index (Phi) is 2.35. The number of halogens is 1. The van der Waals surface area contributed by atoms with Crippen LogP contribution in [0.4, 0.5) is 5.69 Å². The maximum atomic E-state index is 10.6. The van der Waals surface area contributed by atoms with Gasteiger partial charge in [-0.1, -0.05) is 11.6 Å². The first kappa shape index (κ1) is 9.36. The van der Waals surface area contributed by atoms with Gasteiger partial charge in [0.25, 0.3) is 0 Å². The van der Waals surface area contributed by atoms with Gasteiger partial charge >= 0.3 is 5.69 Å². The summed E-state index contributed by atoms with van der Waals surface area (Å²) in [6.45, 7) is 0.946. The number of nitrogens with one attached hydrogen (secondary N) is 1. The van der Waals surface area contributed by atoms with Gasteiger partial charge in [-0.15, -0.1) is 0 Å². The molecule has 5 nitrogen and oxygen atoms in total. The lowest BCUT2D eigenvalue weighted by atomic mass is 10.00. The highest BCUT2D eigenvalue weighted by Crippen LogP contribution is 2.28. The first-order chi connectivity index (χ1) is 6.68.